The second-order valence-electron chi connectivity index (χ2n) is 4.26. The van der Waals surface area contributed by atoms with Crippen LogP contribution < -0.4 is 4.74 Å². The van der Waals surface area contributed by atoms with E-state index in [1.807, 2.05) is 0 Å². The molecule has 1 atom stereocenters. The minimum Gasteiger partial charge on any atom is -0.454 e. The van der Waals surface area contributed by atoms with E-state index in [0.717, 1.165) is 0 Å². The van der Waals surface area contributed by atoms with E-state index in [4.69, 9.17) is 43.7 Å². The van der Waals surface area contributed by atoms with Gasteiger partial charge in [0.15, 0.2) is 5.16 Å². The van der Waals surface area contributed by atoms with E-state index in [0.29, 0.717) is 21.8 Å². The predicted molar refractivity (Wildman–Crippen MR) is 90.0 cm³/mol. The van der Waals surface area contributed by atoms with Crippen LogP contribution in [0.4, 0.5) is 0 Å². The Kier molecular flexibility index (Phi) is 3.37. The van der Waals surface area contributed by atoms with Gasteiger partial charge in [-0.3, -0.25) is 4.21 Å². The molecule has 8 heteroatoms. The number of nitrogens with one attached hydrogen (secondary N) is 1. The van der Waals surface area contributed by atoms with Gasteiger partial charge in [0.2, 0.25) is 0 Å². The minimum absolute atomic E-state index is 0.163. The van der Waals surface area contributed by atoms with Crippen molar-refractivity contribution in [3.8, 4) is 11.5 Å². The number of aromatic nitrogens is 2. The molecule has 114 valence electrons. The van der Waals surface area contributed by atoms with Crippen LogP contribution in [0.5, 0.6) is 11.5 Å². The van der Waals surface area contributed by atoms with Crippen molar-refractivity contribution in [1.82, 2.24) is 9.97 Å². The number of ether oxygens (including phenoxy) is 1. The van der Waals surface area contributed by atoms with Crippen LogP contribution in [0.1, 0.15) is 4.11 Å². The van der Waals surface area contributed by atoms with Crippen molar-refractivity contribution in [1.29, 1.82) is 0 Å². The van der Waals surface area contributed by atoms with Gasteiger partial charge in [0, 0.05) is 16.4 Å². The van der Waals surface area contributed by atoms with Crippen molar-refractivity contribution >= 4 is 56.6 Å². The standard InChI is InChI=1S/C14H9Cl3N2O2S/c1-22(20)14-18-9-5-8(16)12(6-10(9)19-14)21-11-4-2-3-7(15)13(11)17/h2-6H,1H3,(H,18,19)/i1D3. The summed E-state index contributed by atoms with van der Waals surface area (Å²) < 4.78 is 39.3. The topological polar surface area (TPSA) is 55.0 Å². The van der Waals surface area contributed by atoms with Gasteiger partial charge < -0.3 is 9.72 Å². The summed E-state index contributed by atoms with van der Waals surface area (Å²) in [6, 6.07) is 7.89. The molecule has 0 fully saturated rings. The lowest BCUT2D eigenvalue weighted by Crippen LogP contribution is -1.88. The number of benzene rings is 2. The molecule has 0 aliphatic heterocycles. The van der Waals surface area contributed by atoms with Crippen molar-refractivity contribution in [3.05, 3.63) is 45.4 Å². The zero-order valence-electron chi connectivity index (χ0n) is 13.7. The highest BCUT2D eigenvalue weighted by atomic mass is 35.5. The SMILES string of the molecule is [2H]C([2H])([2H])S(=O)c1nc2cc(Oc3cccc(Cl)c3Cl)c(Cl)cc2[nH]1. The molecule has 0 aliphatic rings. The van der Waals surface area contributed by atoms with Gasteiger partial charge in [0.05, 0.1) is 31.9 Å². The van der Waals surface area contributed by atoms with E-state index < -0.39 is 17.0 Å². The largest absolute Gasteiger partial charge is 0.454 e. The average Bonchev–Trinajstić information content (AvgIpc) is 2.93. The predicted octanol–water partition coefficient (Wildman–Crippen LogP) is 5.05. The molecule has 0 radical (unpaired) electrons. The van der Waals surface area contributed by atoms with Gasteiger partial charge in [-0.05, 0) is 18.2 Å². The quantitative estimate of drug-likeness (QED) is 0.693. The van der Waals surface area contributed by atoms with E-state index >= 15 is 0 Å². The van der Waals surface area contributed by atoms with E-state index in [9.17, 15) is 4.21 Å². The fourth-order valence-electron chi connectivity index (χ4n) is 1.84. The number of fused-ring (bicyclic) bond motifs is 1. The van der Waals surface area contributed by atoms with Crippen LogP contribution in [0.2, 0.25) is 15.1 Å². The highest BCUT2D eigenvalue weighted by Crippen LogP contribution is 2.38. The van der Waals surface area contributed by atoms with Crippen LogP contribution in [-0.4, -0.2) is 20.4 Å². The molecule has 1 aromatic heterocycles. The van der Waals surface area contributed by atoms with Gasteiger partial charge in [0.25, 0.3) is 0 Å². The van der Waals surface area contributed by atoms with Crippen molar-refractivity contribution in [2.45, 2.75) is 5.16 Å². The summed E-state index contributed by atoms with van der Waals surface area (Å²) in [5.41, 5.74) is 0.785. The Labute approximate surface area is 148 Å². The molecule has 0 bridgehead atoms. The number of imidazole rings is 1. The van der Waals surface area contributed by atoms with Gasteiger partial charge in [-0.25, -0.2) is 4.98 Å². The fraction of sp³-hybridized carbons (Fsp3) is 0.0714. The first-order chi connectivity index (χ1) is 11.7. The van der Waals surface area contributed by atoms with Crippen LogP contribution in [0, 0.1) is 0 Å². The van der Waals surface area contributed by atoms with E-state index in [1.165, 1.54) is 12.1 Å². The van der Waals surface area contributed by atoms with E-state index in [1.54, 1.807) is 18.2 Å². The summed E-state index contributed by atoms with van der Waals surface area (Å²) in [6.45, 7) is 0. The van der Waals surface area contributed by atoms with E-state index in [2.05, 4.69) is 9.97 Å². The first-order valence-corrected chi connectivity index (χ1v) is 8.18. The Morgan fingerprint density at radius 3 is 2.82 bits per heavy atom. The Morgan fingerprint density at radius 2 is 2.05 bits per heavy atom. The van der Waals surface area contributed by atoms with Crippen molar-refractivity contribution in [3.63, 3.8) is 0 Å². The van der Waals surface area contributed by atoms with Crippen LogP contribution in [0.3, 0.4) is 0 Å². The monoisotopic (exact) mass is 377 g/mol. The fourth-order valence-corrected chi connectivity index (χ4v) is 2.75. The van der Waals surface area contributed by atoms with Crippen molar-refractivity contribution < 1.29 is 13.1 Å². The molecule has 1 heterocycles. The smallest absolute Gasteiger partial charge is 0.197 e. The van der Waals surface area contributed by atoms with Crippen molar-refractivity contribution in [2.24, 2.45) is 0 Å². The van der Waals surface area contributed by atoms with Crippen LogP contribution in [0.15, 0.2) is 35.5 Å². The Bertz CT molecular complexity index is 991. The Morgan fingerprint density at radius 1 is 1.23 bits per heavy atom. The molecule has 4 nitrogen and oxygen atoms in total. The molecule has 1 N–H and O–H groups in total. The number of H-pyrrole nitrogens is 1. The molecule has 0 saturated heterocycles. The lowest BCUT2D eigenvalue weighted by molar-refractivity contribution is 0.484. The Balaban J connectivity index is 2.02. The number of nitrogens with zero attached hydrogens (tertiary/aromatic N) is 1. The number of hydrogen-bond donors (Lipinski definition) is 1. The number of hydrogen-bond acceptors (Lipinski definition) is 3. The summed E-state index contributed by atoms with van der Waals surface area (Å²) >= 11 is 18.2. The zero-order chi connectivity index (χ0) is 18.4. The number of rotatable bonds is 3. The first-order valence-electron chi connectivity index (χ1n) is 7.40. The summed E-state index contributed by atoms with van der Waals surface area (Å²) in [5, 5.41) is 0.625. The molecule has 1 unspecified atom stereocenters. The maximum atomic E-state index is 11.9. The molecule has 3 aromatic rings. The molecule has 22 heavy (non-hydrogen) atoms. The van der Waals surface area contributed by atoms with Crippen molar-refractivity contribution in [2.75, 3.05) is 6.18 Å². The number of aromatic amines is 1. The molecule has 0 aliphatic carbocycles. The number of halogens is 3. The second-order valence-corrected chi connectivity index (χ2v) is 6.38. The van der Waals surface area contributed by atoms with Gasteiger partial charge >= 0.3 is 0 Å². The van der Waals surface area contributed by atoms with Crippen LogP contribution in [-0.2, 0) is 10.8 Å². The van der Waals surface area contributed by atoms with Crippen LogP contribution in [0.25, 0.3) is 11.0 Å². The highest BCUT2D eigenvalue weighted by molar-refractivity contribution is 7.84. The molecule has 3 rings (SSSR count). The molecule has 0 saturated carbocycles. The Hall–Kier alpha value is -1.27. The molecular formula is C14H9Cl3N2O2S. The van der Waals surface area contributed by atoms with Gasteiger partial charge in [-0.15, -0.1) is 0 Å². The minimum atomic E-state index is -2.68. The highest BCUT2D eigenvalue weighted by Gasteiger charge is 2.13. The molecule has 0 amide bonds. The third-order valence-electron chi connectivity index (χ3n) is 2.83. The maximum Gasteiger partial charge on any atom is 0.197 e. The maximum absolute atomic E-state index is 11.9. The average molecular weight is 379 g/mol. The van der Waals surface area contributed by atoms with Gasteiger partial charge in [-0.2, -0.15) is 0 Å². The zero-order valence-corrected chi connectivity index (χ0v) is 13.8. The third-order valence-corrected chi connectivity index (χ3v) is 4.47. The molecule has 0 spiro atoms. The lowest BCUT2D eigenvalue weighted by Gasteiger charge is -2.09. The summed E-state index contributed by atoms with van der Waals surface area (Å²) in [6.07, 6.45) is -2.68. The second kappa shape index (κ2) is 6.08. The van der Waals surface area contributed by atoms with Gasteiger partial charge in [-0.1, -0.05) is 40.9 Å². The summed E-state index contributed by atoms with van der Waals surface area (Å²) in [5.74, 6) is 0.549. The molecular weight excluding hydrogens is 367 g/mol. The third kappa shape index (κ3) is 2.94. The van der Waals surface area contributed by atoms with Gasteiger partial charge in [0.1, 0.15) is 16.5 Å². The van der Waals surface area contributed by atoms with Crippen LogP contribution >= 0.6 is 34.8 Å². The summed E-state index contributed by atoms with van der Waals surface area (Å²) in [4.78, 5) is 6.74. The normalized spacial score (nSPS) is 15.1. The van der Waals surface area contributed by atoms with E-state index in [-0.39, 0.29) is 21.0 Å². The molecule has 2 aromatic carbocycles. The first kappa shape index (κ1) is 12.2. The summed E-state index contributed by atoms with van der Waals surface area (Å²) in [7, 11) is -2.28. The lowest BCUT2D eigenvalue weighted by atomic mass is 10.3.